The first-order valence-electron chi connectivity index (χ1n) is 11.4. The molecule has 1 rings (SSSR count). The Bertz CT molecular complexity index is 521. The van der Waals surface area contributed by atoms with E-state index in [0.717, 1.165) is 32.4 Å². The van der Waals surface area contributed by atoms with Crippen molar-refractivity contribution in [2.45, 2.75) is 114 Å². The Morgan fingerprint density at radius 1 is 0.929 bits per heavy atom. The number of rotatable bonds is 8. The molecule has 0 aromatic heterocycles. The zero-order valence-corrected chi connectivity index (χ0v) is 21.0. The maximum atomic E-state index is 13.3. The third-order valence-electron chi connectivity index (χ3n) is 7.92. The number of carbonyl (C=O) groups is 1. The summed E-state index contributed by atoms with van der Waals surface area (Å²) in [6, 6.07) is 0. The number of amides is 1. The number of piperidine rings is 1. The Morgan fingerprint density at radius 3 is 1.79 bits per heavy atom. The third kappa shape index (κ3) is 5.74. The highest BCUT2D eigenvalue weighted by Crippen LogP contribution is 2.46. The predicted octanol–water partition coefficient (Wildman–Crippen LogP) is 6.55. The van der Waals surface area contributed by atoms with Crippen molar-refractivity contribution in [3.05, 3.63) is 0 Å². The van der Waals surface area contributed by atoms with E-state index in [1.54, 1.807) is 0 Å². The molecule has 1 aliphatic heterocycles. The van der Waals surface area contributed by atoms with Gasteiger partial charge in [0, 0.05) is 18.5 Å². The zero-order valence-electron chi connectivity index (χ0n) is 21.0. The van der Waals surface area contributed by atoms with Crippen molar-refractivity contribution in [2.24, 2.45) is 28.1 Å². The lowest BCUT2D eigenvalue weighted by molar-refractivity contribution is -0.157. The van der Waals surface area contributed by atoms with Gasteiger partial charge in [-0.15, -0.1) is 0 Å². The Kier molecular flexibility index (Phi) is 7.87. The van der Waals surface area contributed by atoms with Crippen molar-refractivity contribution in [1.29, 1.82) is 0 Å². The first-order chi connectivity index (χ1) is 12.4. The Hall–Kier alpha value is -0.570. The second-order valence-electron chi connectivity index (χ2n) is 12.2. The van der Waals surface area contributed by atoms with Crippen LogP contribution in [0, 0.1) is 28.1 Å². The molecule has 0 aromatic rings. The lowest BCUT2D eigenvalue weighted by atomic mass is 9.64. The average Bonchev–Trinajstić information content (AvgIpc) is 2.51. The molecule has 1 aliphatic rings. The molecule has 0 aliphatic carbocycles. The number of likely N-dealkylation sites (tertiary alicyclic amines) is 1. The van der Waals surface area contributed by atoms with Crippen molar-refractivity contribution in [2.75, 3.05) is 13.1 Å². The minimum atomic E-state index is -0.309. The van der Waals surface area contributed by atoms with Crippen molar-refractivity contribution in [3.63, 3.8) is 0 Å². The summed E-state index contributed by atoms with van der Waals surface area (Å²) in [6.07, 6.45) is 3.28. The van der Waals surface area contributed by atoms with E-state index in [9.17, 15) is 4.79 Å². The average molecular weight is 396 g/mol. The van der Waals surface area contributed by atoms with E-state index in [4.69, 9.17) is 4.74 Å². The first-order valence-corrected chi connectivity index (χ1v) is 11.4. The number of hydrogen-bond donors (Lipinski definition) is 0. The minimum absolute atomic E-state index is 0.0710. The smallest absolute Gasteiger partial charge is 0.228 e. The van der Waals surface area contributed by atoms with E-state index >= 15 is 0 Å². The van der Waals surface area contributed by atoms with Crippen molar-refractivity contribution < 1.29 is 9.53 Å². The van der Waals surface area contributed by atoms with Gasteiger partial charge in [-0.25, -0.2) is 0 Å². The second-order valence-corrected chi connectivity index (χ2v) is 12.2. The van der Waals surface area contributed by atoms with Gasteiger partial charge in [0.05, 0.1) is 11.7 Å². The van der Waals surface area contributed by atoms with Gasteiger partial charge in [-0.05, 0) is 69.6 Å². The standard InChI is InChI=1S/C25H49NO2/c1-18(2)22(5,6)17-23(7,8)21(27)26-15-13-20(14-16-26)24(9,10)25(11,12)28-19(3)4/h18-20H,13-17H2,1-12H3. The van der Waals surface area contributed by atoms with E-state index in [-0.39, 0.29) is 27.9 Å². The highest BCUT2D eigenvalue weighted by Gasteiger charge is 2.46. The number of nitrogens with zero attached hydrogens (tertiary/aromatic N) is 1. The minimum Gasteiger partial charge on any atom is -0.372 e. The number of hydrogen-bond acceptors (Lipinski definition) is 2. The highest BCUT2D eigenvalue weighted by atomic mass is 16.5. The van der Waals surface area contributed by atoms with E-state index < -0.39 is 0 Å². The fraction of sp³-hybridized carbons (Fsp3) is 0.960. The molecule has 3 nitrogen and oxygen atoms in total. The van der Waals surface area contributed by atoms with Gasteiger partial charge in [0.1, 0.15) is 0 Å². The van der Waals surface area contributed by atoms with Crippen LogP contribution in [0.4, 0.5) is 0 Å². The Labute approximate surface area is 176 Å². The molecule has 0 radical (unpaired) electrons. The van der Waals surface area contributed by atoms with Gasteiger partial charge < -0.3 is 9.64 Å². The molecule has 0 spiro atoms. The fourth-order valence-electron chi connectivity index (χ4n) is 4.88. The molecule has 0 bridgehead atoms. The summed E-state index contributed by atoms with van der Waals surface area (Å²) in [5.74, 6) is 1.46. The van der Waals surface area contributed by atoms with E-state index in [1.165, 1.54) is 0 Å². The van der Waals surface area contributed by atoms with Crippen LogP contribution in [0.5, 0.6) is 0 Å². The van der Waals surface area contributed by atoms with E-state index in [0.29, 0.717) is 17.7 Å². The molecule has 1 saturated heterocycles. The Morgan fingerprint density at radius 2 is 1.39 bits per heavy atom. The zero-order chi connectivity index (χ0) is 22.1. The van der Waals surface area contributed by atoms with Gasteiger partial charge in [-0.3, -0.25) is 4.79 Å². The third-order valence-corrected chi connectivity index (χ3v) is 7.92. The van der Waals surface area contributed by atoms with Crippen LogP contribution < -0.4 is 0 Å². The lowest BCUT2D eigenvalue weighted by Crippen LogP contribution is -2.53. The van der Waals surface area contributed by atoms with Gasteiger partial charge in [-0.2, -0.15) is 0 Å². The second kappa shape index (κ2) is 8.66. The molecule has 0 N–H and O–H groups in total. The van der Waals surface area contributed by atoms with Crippen LogP contribution >= 0.6 is 0 Å². The van der Waals surface area contributed by atoms with Gasteiger partial charge in [0.2, 0.25) is 5.91 Å². The summed E-state index contributed by atoms with van der Waals surface area (Å²) in [5.41, 5.74) is -0.256. The van der Waals surface area contributed by atoms with Crippen LogP contribution in [0.1, 0.15) is 102 Å². The highest BCUT2D eigenvalue weighted by molar-refractivity contribution is 5.82. The molecule has 0 aromatic carbocycles. The van der Waals surface area contributed by atoms with E-state index in [2.05, 4.69) is 88.0 Å². The largest absolute Gasteiger partial charge is 0.372 e. The molecule has 1 amide bonds. The van der Waals surface area contributed by atoms with Crippen LogP contribution in [0.25, 0.3) is 0 Å². The molecule has 0 atom stereocenters. The SMILES string of the molecule is CC(C)OC(C)(C)C(C)(C)C1CCN(C(=O)C(C)(C)CC(C)(C)C(C)C)CC1. The van der Waals surface area contributed by atoms with Gasteiger partial charge in [0.25, 0.3) is 0 Å². The Balaban J connectivity index is 2.79. The predicted molar refractivity (Wildman–Crippen MR) is 120 cm³/mol. The molecule has 1 fully saturated rings. The summed E-state index contributed by atoms with van der Waals surface area (Å²) >= 11 is 0. The van der Waals surface area contributed by atoms with E-state index in [1.807, 2.05) is 0 Å². The molecule has 3 heteroatoms. The maximum Gasteiger partial charge on any atom is 0.228 e. The monoisotopic (exact) mass is 395 g/mol. The summed E-state index contributed by atoms with van der Waals surface area (Å²) in [5, 5.41) is 0. The molecule has 1 heterocycles. The van der Waals surface area contributed by atoms with Gasteiger partial charge >= 0.3 is 0 Å². The number of ether oxygens (including phenoxy) is 1. The van der Waals surface area contributed by atoms with Crippen LogP contribution in [0.3, 0.4) is 0 Å². The first kappa shape index (κ1) is 25.5. The van der Waals surface area contributed by atoms with Crippen molar-refractivity contribution in [3.8, 4) is 0 Å². The molecule has 166 valence electrons. The quantitative estimate of drug-likeness (QED) is 0.466. The summed E-state index contributed by atoms with van der Waals surface area (Å²) in [7, 11) is 0. The van der Waals surface area contributed by atoms with Crippen LogP contribution in [-0.4, -0.2) is 35.6 Å². The van der Waals surface area contributed by atoms with Gasteiger partial charge in [0.15, 0.2) is 0 Å². The molecule has 0 unspecified atom stereocenters. The topological polar surface area (TPSA) is 29.5 Å². The van der Waals surface area contributed by atoms with Gasteiger partial charge in [-0.1, -0.05) is 55.4 Å². The molecule has 28 heavy (non-hydrogen) atoms. The van der Waals surface area contributed by atoms with Crippen molar-refractivity contribution in [1.82, 2.24) is 4.90 Å². The molecular formula is C25H49NO2. The summed E-state index contributed by atoms with van der Waals surface area (Å²) in [4.78, 5) is 15.4. The molecule has 0 saturated carbocycles. The fourth-order valence-corrected chi connectivity index (χ4v) is 4.88. The van der Waals surface area contributed by atoms with Crippen LogP contribution in [0.15, 0.2) is 0 Å². The summed E-state index contributed by atoms with van der Waals surface area (Å²) in [6.45, 7) is 28.5. The van der Waals surface area contributed by atoms with Crippen molar-refractivity contribution >= 4 is 5.91 Å². The summed E-state index contributed by atoms with van der Waals surface area (Å²) < 4.78 is 6.28. The maximum absolute atomic E-state index is 13.3. The lowest BCUT2D eigenvalue weighted by Gasteiger charge is -2.50. The normalized spacial score (nSPS) is 18.3. The van der Waals surface area contributed by atoms with Crippen LogP contribution in [0.2, 0.25) is 0 Å². The molecular weight excluding hydrogens is 346 g/mol. The number of carbonyl (C=O) groups excluding carboxylic acids is 1. The van der Waals surface area contributed by atoms with Crippen LogP contribution in [-0.2, 0) is 9.53 Å².